The minimum atomic E-state index is -0.742. The van der Waals surface area contributed by atoms with Crippen molar-refractivity contribution in [2.45, 2.75) is 52.6 Å². The number of ether oxygens (including phenoxy) is 1. The van der Waals surface area contributed by atoms with Crippen molar-refractivity contribution in [1.29, 1.82) is 5.26 Å². The van der Waals surface area contributed by atoms with Crippen molar-refractivity contribution in [1.82, 2.24) is 14.8 Å². The van der Waals surface area contributed by atoms with E-state index in [-0.39, 0.29) is 33.8 Å². The average Bonchev–Trinajstić information content (AvgIpc) is 3.11. The van der Waals surface area contributed by atoms with Crippen LogP contribution in [0, 0.1) is 11.3 Å². The third kappa shape index (κ3) is 8.07. The first-order valence-corrected chi connectivity index (χ1v) is 12.7. The maximum absolute atomic E-state index is 12.8. The fraction of sp³-hybridized carbons (Fsp3) is 0.462. The number of likely N-dealkylation sites (N-methyl/N-ethyl adjacent to an activating group) is 1. The molecule has 36 heavy (non-hydrogen) atoms. The number of thiazole rings is 1. The minimum Gasteiger partial charge on any atom is -0.462 e. The van der Waals surface area contributed by atoms with E-state index in [9.17, 15) is 19.6 Å². The number of aromatic nitrogens is 1. The molecule has 0 radical (unpaired) electrons. The number of anilines is 1. The second-order valence-electron chi connectivity index (χ2n) is 9.18. The van der Waals surface area contributed by atoms with Crippen molar-refractivity contribution in [3.05, 3.63) is 49.4 Å². The van der Waals surface area contributed by atoms with E-state index in [0.29, 0.717) is 23.9 Å². The van der Waals surface area contributed by atoms with Crippen LogP contribution < -0.4 is 25.4 Å². The molecule has 0 aliphatic heterocycles. The molecule has 2 N–H and O–H groups in total. The van der Waals surface area contributed by atoms with Crippen molar-refractivity contribution in [2.24, 2.45) is 0 Å². The Morgan fingerprint density at radius 2 is 1.89 bits per heavy atom. The van der Waals surface area contributed by atoms with Crippen LogP contribution in [0.15, 0.2) is 29.1 Å². The van der Waals surface area contributed by atoms with Gasteiger partial charge in [0.25, 0.3) is 5.56 Å². The van der Waals surface area contributed by atoms with E-state index in [1.54, 1.807) is 20.0 Å². The van der Waals surface area contributed by atoms with E-state index >= 15 is 0 Å². The molecule has 10 heteroatoms. The van der Waals surface area contributed by atoms with Gasteiger partial charge in [0.2, 0.25) is 5.91 Å². The second kappa shape index (κ2) is 13.0. The van der Waals surface area contributed by atoms with Crippen LogP contribution in [0.3, 0.4) is 0 Å². The van der Waals surface area contributed by atoms with E-state index in [1.807, 2.05) is 63.2 Å². The molecule has 0 saturated carbocycles. The number of rotatable bonds is 11. The average molecular weight is 514 g/mol. The summed E-state index contributed by atoms with van der Waals surface area (Å²) in [7, 11) is 3.95. The van der Waals surface area contributed by atoms with Gasteiger partial charge in [0.1, 0.15) is 15.3 Å². The molecule has 0 fully saturated rings. The maximum atomic E-state index is 12.8. The van der Waals surface area contributed by atoms with Crippen molar-refractivity contribution < 1.29 is 14.3 Å². The summed E-state index contributed by atoms with van der Waals surface area (Å²) in [6, 6.07) is 9.48. The highest BCUT2D eigenvalue weighted by Crippen LogP contribution is 2.12. The lowest BCUT2D eigenvalue weighted by Gasteiger charge is -2.29. The third-order valence-corrected chi connectivity index (χ3v) is 6.31. The number of carbonyl (C=O) groups is 2. The number of nitrogens with one attached hydrogen (secondary N) is 2. The lowest BCUT2D eigenvalue weighted by atomic mass is 10.0. The number of carbonyl (C=O) groups excluding carboxylic acids is 2. The molecule has 2 aromatic rings. The van der Waals surface area contributed by atoms with Gasteiger partial charge in [0.05, 0.1) is 6.61 Å². The van der Waals surface area contributed by atoms with Crippen LogP contribution in [0.25, 0.3) is 11.8 Å². The van der Waals surface area contributed by atoms with E-state index in [0.717, 1.165) is 29.1 Å². The lowest BCUT2D eigenvalue weighted by Crippen LogP contribution is -2.50. The number of amides is 1. The Balaban J connectivity index is 2.13. The van der Waals surface area contributed by atoms with Crippen LogP contribution >= 0.6 is 11.3 Å². The van der Waals surface area contributed by atoms with Gasteiger partial charge in [-0.1, -0.05) is 12.1 Å². The summed E-state index contributed by atoms with van der Waals surface area (Å²) in [5.41, 5.74) is 1.02. The van der Waals surface area contributed by atoms with Crippen molar-refractivity contribution in [3.63, 3.8) is 0 Å². The first kappa shape index (κ1) is 28.8. The first-order valence-electron chi connectivity index (χ1n) is 11.8. The highest BCUT2D eigenvalue weighted by atomic mass is 32.1. The summed E-state index contributed by atoms with van der Waals surface area (Å²) < 4.78 is 6.98. The Morgan fingerprint density at radius 3 is 2.44 bits per heavy atom. The molecule has 0 saturated heterocycles. The summed E-state index contributed by atoms with van der Waals surface area (Å²) in [4.78, 5) is 39.3. The van der Waals surface area contributed by atoms with Crippen LogP contribution in [0.1, 0.15) is 39.7 Å². The number of benzene rings is 1. The molecular formula is C26H35N5O4S. The van der Waals surface area contributed by atoms with Gasteiger partial charge in [-0.2, -0.15) is 5.26 Å². The molecule has 1 aromatic heterocycles. The third-order valence-electron chi connectivity index (χ3n) is 5.18. The van der Waals surface area contributed by atoms with Crippen LogP contribution in [0.4, 0.5) is 5.69 Å². The quantitative estimate of drug-likeness (QED) is 0.437. The Kier molecular flexibility index (Phi) is 10.4. The number of hydrogen-bond acceptors (Lipinski definition) is 8. The zero-order valence-corrected chi connectivity index (χ0v) is 22.6. The van der Waals surface area contributed by atoms with E-state index in [1.165, 1.54) is 4.57 Å². The van der Waals surface area contributed by atoms with E-state index in [2.05, 4.69) is 10.6 Å². The molecule has 1 heterocycles. The normalized spacial score (nSPS) is 12.8. The number of hydrogen-bond donors (Lipinski definition) is 2. The van der Waals surface area contributed by atoms with Gasteiger partial charge in [-0.15, -0.1) is 11.3 Å². The zero-order valence-electron chi connectivity index (χ0n) is 21.8. The summed E-state index contributed by atoms with van der Waals surface area (Å²) in [5, 5.41) is 15.6. The smallest absolute Gasteiger partial charge is 0.351 e. The Hall–Kier alpha value is -3.42. The summed E-state index contributed by atoms with van der Waals surface area (Å²) in [5.74, 6) is -0.733. The second-order valence-corrected chi connectivity index (χ2v) is 10.2. The van der Waals surface area contributed by atoms with Crippen LogP contribution in [0.2, 0.25) is 0 Å². The van der Waals surface area contributed by atoms with Crippen molar-refractivity contribution in [2.75, 3.05) is 32.6 Å². The van der Waals surface area contributed by atoms with Crippen molar-refractivity contribution >= 4 is 40.7 Å². The van der Waals surface area contributed by atoms with E-state index in [4.69, 9.17) is 4.74 Å². The van der Waals surface area contributed by atoms with Gasteiger partial charge in [0.15, 0.2) is 5.57 Å². The van der Waals surface area contributed by atoms with Gasteiger partial charge < -0.3 is 20.3 Å². The van der Waals surface area contributed by atoms with E-state index < -0.39 is 5.97 Å². The molecule has 0 aliphatic carbocycles. The predicted octanol–water partition coefficient (Wildman–Crippen LogP) is 1.41. The molecule has 2 rings (SSSR count). The molecule has 0 atom stereocenters. The van der Waals surface area contributed by atoms with Gasteiger partial charge in [-0.3, -0.25) is 14.2 Å². The number of aryl methyl sites for hydroxylation is 1. The molecule has 194 valence electrons. The van der Waals surface area contributed by atoms with Gasteiger partial charge >= 0.3 is 5.97 Å². The number of nitriles is 1. The van der Waals surface area contributed by atoms with Crippen LogP contribution in [0.5, 0.6) is 0 Å². The predicted molar refractivity (Wildman–Crippen MR) is 143 cm³/mol. The Labute approximate surface area is 215 Å². The molecule has 0 unspecified atom stereocenters. The first-order chi connectivity index (χ1) is 17.0. The molecule has 9 nitrogen and oxygen atoms in total. The molecule has 0 aliphatic rings. The SMILES string of the molecule is CCOC(=O)/C(C#N)=c1\s/c(=C/Nc2ccc(CCC(=O)NC(C)(C)CN(C)C)cc2)c(=O)n1CC. The molecule has 0 spiro atoms. The summed E-state index contributed by atoms with van der Waals surface area (Å²) in [6.45, 7) is 8.65. The van der Waals surface area contributed by atoms with Crippen LogP contribution in [-0.4, -0.2) is 54.1 Å². The maximum Gasteiger partial charge on any atom is 0.351 e. The highest BCUT2D eigenvalue weighted by Gasteiger charge is 2.21. The van der Waals surface area contributed by atoms with Crippen molar-refractivity contribution in [3.8, 4) is 6.07 Å². The standard InChI is InChI=1S/C26H35N5O4S/c1-7-31-23(33)21(36-24(31)20(15-27)25(34)35-8-2)16-28-19-12-9-18(10-13-19)11-14-22(32)29-26(3,4)17-30(5)6/h9-10,12-13,16,28H,7-8,11,14,17H2,1-6H3,(H,29,32)/b21-16+,24-20-. The van der Waals surface area contributed by atoms with Crippen LogP contribution in [-0.2, 0) is 27.3 Å². The lowest BCUT2D eigenvalue weighted by molar-refractivity contribution is -0.136. The molecule has 0 bridgehead atoms. The topological polar surface area (TPSA) is 116 Å². The fourth-order valence-electron chi connectivity index (χ4n) is 3.82. The van der Waals surface area contributed by atoms with Gasteiger partial charge in [-0.05, 0) is 65.9 Å². The Morgan fingerprint density at radius 1 is 1.22 bits per heavy atom. The van der Waals surface area contributed by atoms with Gasteiger partial charge in [0, 0.05) is 36.9 Å². The highest BCUT2D eigenvalue weighted by molar-refractivity contribution is 7.07. The Bertz CT molecular complexity index is 1280. The number of esters is 1. The number of nitrogens with zero attached hydrogens (tertiary/aromatic N) is 3. The fourth-order valence-corrected chi connectivity index (χ4v) is 4.90. The monoisotopic (exact) mass is 513 g/mol. The zero-order chi connectivity index (χ0) is 26.9. The largest absolute Gasteiger partial charge is 0.462 e. The molecule has 1 amide bonds. The molecule has 1 aromatic carbocycles. The minimum absolute atomic E-state index is 0.00875. The molecular weight excluding hydrogens is 478 g/mol. The summed E-state index contributed by atoms with van der Waals surface area (Å²) in [6.07, 6.45) is 2.57. The summed E-state index contributed by atoms with van der Waals surface area (Å²) >= 11 is 1.06. The van der Waals surface area contributed by atoms with Gasteiger partial charge in [-0.25, -0.2) is 4.79 Å².